The Labute approximate surface area is 168 Å². The van der Waals surface area contributed by atoms with E-state index in [0.29, 0.717) is 17.5 Å². The average molecular weight is 386 g/mol. The molecule has 29 heavy (non-hydrogen) atoms. The Kier molecular flexibility index (Phi) is 3.37. The highest BCUT2D eigenvalue weighted by Crippen LogP contribution is 2.47. The number of methoxy groups -OCH3 is 1. The van der Waals surface area contributed by atoms with Crippen LogP contribution in [-0.2, 0) is 0 Å². The molecular formula is C23H22N4O2. The molecule has 4 heterocycles. The largest absolute Gasteiger partial charge is 0.482 e. The zero-order valence-corrected chi connectivity index (χ0v) is 16.5. The molecule has 1 saturated carbocycles. The Morgan fingerprint density at radius 1 is 1.24 bits per heavy atom. The van der Waals surface area contributed by atoms with Gasteiger partial charge in [-0.25, -0.2) is 4.98 Å². The smallest absolute Gasteiger partial charge is 0.199 e. The second-order valence-electron chi connectivity index (χ2n) is 8.12. The van der Waals surface area contributed by atoms with E-state index in [2.05, 4.69) is 41.1 Å². The van der Waals surface area contributed by atoms with Gasteiger partial charge in [-0.1, -0.05) is 12.1 Å². The number of para-hydroxylation sites is 1. The zero-order valence-electron chi connectivity index (χ0n) is 16.5. The normalized spacial score (nSPS) is 18.2. The first kappa shape index (κ1) is 16.7. The minimum atomic E-state index is 0.439. The molecule has 0 saturated heterocycles. The first-order valence-corrected chi connectivity index (χ1v) is 10.1. The van der Waals surface area contributed by atoms with Crippen molar-refractivity contribution in [1.29, 1.82) is 0 Å². The quantitative estimate of drug-likeness (QED) is 0.526. The molecule has 6 rings (SSSR count). The molecule has 2 aliphatic rings. The van der Waals surface area contributed by atoms with Crippen LogP contribution >= 0.6 is 0 Å². The molecule has 1 fully saturated rings. The van der Waals surface area contributed by atoms with Crippen LogP contribution in [0.1, 0.15) is 34.9 Å². The maximum Gasteiger partial charge on any atom is 0.199 e. The van der Waals surface area contributed by atoms with Gasteiger partial charge in [0.2, 0.25) is 0 Å². The van der Waals surface area contributed by atoms with Gasteiger partial charge in [0, 0.05) is 23.6 Å². The molecule has 4 aromatic rings. The molecule has 0 spiro atoms. The van der Waals surface area contributed by atoms with Crippen molar-refractivity contribution < 1.29 is 9.53 Å². The zero-order chi connectivity index (χ0) is 19.7. The molecule has 1 aliphatic heterocycles. The van der Waals surface area contributed by atoms with Crippen LogP contribution in [0.15, 0.2) is 36.4 Å². The predicted octanol–water partition coefficient (Wildman–Crippen LogP) is 4.46. The number of carbonyl (C=O) groups excluding carboxylic acids is 1. The molecule has 1 atom stereocenters. The average Bonchev–Trinajstić information content (AvgIpc) is 3.45. The summed E-state index contributed by atoms with van der Waals surface area (Å²) in [6.45, 7) is 3.01. The van der Waals surface area contributed by atoms with Crippen LogP contribution in [0.2, 0.25) is 0 Å². The number of hydrogen-bond acceptors (Lipinski definition) is 4. The van der Waals surface area contributed by atoms with Crippen molar-refractivity contribution in [2.24, 2.45) is 5.92 Å². The summed E-state index contributed by atoms with van der Waals surface area (Å²) in [6, 6.07) is 12.7. The number of aryl methyl sites for hydroxylation is 1. The van der Waals surface area contributed by atoms with Gasteiger partial charge < -0.3 is 14.6 Å². The second kappa shape index (κ2) is 5.86. The van der Waals surface area contributed by atoms with Gasteiger partial charge in [0.15, 0.2) is 5.88 Å². The number of nitrogens with zero attached hydrogens (tertiary/aromatic N) is 3. The summed E-state index contributed by atoms with van der Waals surface area (Å²) in [5.41, 5.74) is 6.85. The van der Waals surface area contributed by atoms with Crippen LogP contribution in [0.3, 0.4) is 0 Å². The van der Waals surface area contributed by atoms with E-state index in [4.69, 9.17) is 9.72 Å². The molecule has 1 unspecified atom stereocenters. The van der Waals surface area contributed by atoms with Crippen LogP contribution in [0.5, 0.6) is 5.88 Å². The van der Waals surface area contributed by atoms with Crippen LogP contribution in [0.4, 0.5) is 5.69 Å². The third kappa shape index (κ3) is 2.29. The Balaban J connectivity index is 1.66. The lowest BCUT2D eigenvalue weighted by Crippen LogP contribution is -2.26. The minimum Gasteiger partial charge on any atom is -0.482 e. The van der Waals surface area contributed by atoms with Gasteiger partial charge in [-0.3, -0.25) is 9.20 Å². The third-order valence-corrected chi connectivity index (χ3v) is 6.39. The molecule has 6 heteroatoms. The molecule has 3 aromatic heterocycles. The summed E-state index contributed by atoms with van der Waals surface area (Å²) in [5, 5.41) is 4.86. The fraction of sp³-hybridized carbons (Fsp3) is 0.304. The molecule has 1 N–H and O–H groups in total. The number of ether oxygens (including phenoxy) is 1. The number of imidazole rings is 1. The van der Waals surface area contributed by atoms with Crippen molar-refractivity contribution in [3.63, 3.8) is 0 Å². The Morgan fingerprint density at radius 3 is 2.86 bits per heavy atom. The maximum atomic E-state index is 11.4. The van der Waals surface area contributed by atoms with Gasteiger partial charge in [-0.2, -0.15) is 0 Å². The van der Waals surface area contributed by atoms with E-state index in [1.165, 1.54) is 29.4 Å². The number of aromatic nitrogens is 3. The van der Waals surface area contributed by atoms with E-state index in [-0.39, 0.29) is 0 Å². The highest BCUT2D eigenvalue weighted by atomic mass is 16.5. The van der Waals surface area contributed by atoms with Crippen molar-refractivity contribution in [1.82, 2.24) is 14.0 Å². The van der Waals surface area contributed by atoms with Gasteiger partial charge in [0.05, 0.1) is 35.7 Å². The fourth-order valence-electron chi connectivity index (χ4n) is 4.87. The molecule has 0 amide bonds. The Hall–Kier alpha value is -3.28. The van der Waals surface area contributed by atoms with Crippen LogP contribution in [-0.4, -0.2) is 33.9 Å². The van der Waals surface area contributed by atoms with Gasteiger partial charge in [0.1, 0.15) is 17.6 Å². The number of nitrogens with one attached hydrogen (secondary N) is 1. The summed E-state index contributed by atoms with van der Waals surface area (Å²) >= 11 is 0. The molecule has 6 nitrogen and oxygen atoms in total. The minimum absolute atomic E-state index is 0.439. The maximum absolute atomic E-state index is 11.4. The third-order valence-electron chi connectivity index (χ3n) is 6.39. The summed E-state index contributed by atoms with van der Waals surface area (Å²) in [7, 11) is 1.62. The summed E-state index contributed by atoms with van der Waals surface area (Å²) in [6.07, 6.45) is 3.41. The number of fused-ring (bicyclic) bond motifs is 1. The van der Waals surface area contributed by atoms with Gasteiger partial charge in [-0.05, 0) is 43.9 Å². The van der Waals surface area contributed by atoms with Crippen molar-refractivity contribution >= 4 is 28.5 Å². The highest BCUT2D eigenvalue weighted by molar-refractivity contribution is 5.97. The monoisotopic (exact) mass is 386 g/mol. The lowest BCUT2D eigenvalue weighted by molar-refractivity contribution is 0.112. The van der Waals surface area contributed by atoms with E-state index in [1.54, 1.807) is 13.2 Å². The fourth-order valence-corrected chi connectivity index (χ4v) is 4.87. The molecule has 0 radical (unpaired) electrons. The lowest BCUT2D eigenvalue weighted by atomic mass is 10.1. The van der Waals surface area contributed by atoms with Gasteiger partial charge in [0.25, 0.3) is 0 Å². The first-order valence-electron chi connectivity index (χ1n) is 10.1. The first-order chi connectivity index (χ1) is 14.2. The van der Waals surface area contributed by atoms with Crippen molar-refractivity contribution in [2.45, 2.75) is 25.8 Å². The number of hydrogen-bond donors (Lipinski definition) is 1. The molecule has 1 aliphatic carbocycles. The topological polar surface area (TPSA) is 60.6 Å². The second-order valence-corrected chi connectivity index (χ2v) is 8.12. The number of aldehydes is 1. The van der Waals surface area contributed by atoms with Crippen molar-refractivity contribution in [2.75, 3.05) is 19.0 Å². The van der Waals surface area contributed by atoms with Crippen LogP contribution in [0.25, 0.3) is 27.9 Å². The highest BCUT2D eigenvalue weighted by Gasteiger charge is 2.37. The number of pyridine rings is 1. The summed E-state index contributed by atoms with van der Waals surface area (Å²) in [5.74, 6) is 1.34. The standard InChI is InChI=1S/C23H22N4O2/c1-13-22(25-20-8-14(12-28)9-21(29-2)26(13)20)18-10-16-4-3-5-17-23(16)27(18)19(11-24-17)15-6-7-15/h3-5,8-10,12,15,19,24H,6-7,11H2,1-2H3. The van der Waals surface area contributed by atoms with E-state index in [9.17, 15) is 4.79 Å². The van der Waals surface area contributed by atoms with E-state index in [0.717, 1.165) is 41.5 Å². The summed E-state index contributed by atoms with van der Waals surface area (Å²) in [4.78, 5) is 16.3. The van der Waals surface area contributed by atoms with Crippen LogP contribution < -0.4 is 10.1 Å². The van der Waals surface area contributed by atoms with Crippen LogP contribution in [0, 0.1) is 12.8 Å². The number of benzene rings is 1. The van der Waals surface area contributed by atoms with E-state index >= 15 is 0 Å². The lowest BCUT2D eigenvalue weighted by Gasteiger charge is -2.29. The number of rotatable bonds is 4. The SMILES string of the molecule is COc1cc(C=O)cc2nc(-c3cc4cccc5c4n3C(C3CC3)CN5)c(C)n12. The predicted molar refractivity (Wildman–Crippen MR) is 113 cm³/mol. The molecule has 0 bridgehead atoms. The van der Waals surface area contributed by atoms with Crippen molar-refractivity contribution in [3.8, 4) is 17.3 Å². The van der Waals surface area contributed by atoms with E-state index < -0.39 is 0 Å². The Bertz CT molecular complexity index is 1300. The number of anilines is 1. The molecule has 146 valence electrons. The van der Waals surface area contributed by atoms with E-state index in [1.807, 2.05) is 10.5 Å². The molecular weight excluding hydrogens is 364 g/mol. The Morgan fingerprint density at radius 2 is 2.10 bits per heavy atom. The summed E-state index contributed by atoms with van der Waals surface area (Å²) < 4.78 is 10.1. The van der Waals surface area contributed by atoms with Gasteiger partial charge >= 0.3 is 0 Å². The van der Waals surface area contributed by atoms with Crippen molar-refractivity contribution in [3.05, 3.63) is 47.7 Å². The number of carbonyl (C=O) groups is 1. The molecule has 1 aromatic carbocycles. The van der Waals surface area contributed by atoms with Gasteiger partial charge in [-0.15, -0.1) is 0 Å².